The average Bonchev–Trinajstić information content (AvgIpc) is 2.45. The maximum absolute atomic E-state index is 12.1. The third-order valence-corrected chi connectivity index (χ3v) is 3.83. The summed E-state index contributed by atoms with van der Waals surface area (Å²) in [4.78, 5) is 13.8. The number of likely N-dealkylation sites (tertiary alicyclic amines) is 1. The summed E-state index contributed by atoms with van der Waals surface area (Å²) in [7, 11) is 1.66. The third kappa shape index (κ3) is 4.13. The van der Waals surface area contributed by atoms with Crippen molar-refractivity contribution in [2.75, 3.05) is 20.2 Å². The van der Waals surface area contributed by atoms with Gasteiger partial charge in [-0.25, -0.2) is 4.79 Å². The smallest absolute Gasteiger partial charge is 0.410 e. The van der Waals surface area contributed by atoms with Gasteiger partial charge in [0.2, 0.25) is 0 Å². The zero-order chi connectivity index (χ0) is 16.3. The summed E-state index contributed by atoms with van der Waals surface area (Å²) < 4.78 is 10.7. The highest BCUT2D eigenvalue weighted by Crippen LogP contribution is 2.30. The van der Waals surface area contributed by atoms with Gasteiger partial charge in [0, 0.05) is 25.0 Å². The van der Waals surface area contributed by atoms with E-state index in [1.165, 1.54) is 0 Å². The minimum Gasteiger partial charge on any atom is -0.497 e. The van der Waals surface area contributed by atoms with Gasteiger partial charge in [0.1, 0.15) is 11.4 Å². The molecule has 2 atom stereocenters. The second-order valence-corrected chi connectivity index (χ2v) is 6.76. The maximum Gasteiger partial charge on any atom is 0.410 e. The topological polar surface area (TPSA) is 64.8 Å². The van der Waals surface area contributed by atoms with Gasteiger partial charge >= 0.3 is 6.09 Å². The van der Waals surface area contributed by atoms with Crippen molar-refractivity contribution < 1.29 is 14.3 Å². The van der Waals surface area contributed by atoms with Crippen molar-refractivity contribution in [1.29, 1.82) is 0 Å². The molecule has 122 valence electrons. The number of nitrogens with two attached hydrogens (primary N) is 1. The molecule has 22 heavy (non-hydrogen) atoms. The molecule has 5 nitrogen and oxygen atoms in total. The number of ether oxygens (including phenoxy) is 2. The van der Waals surface area contributed by atoms with E-state index in [9.17, 15) is 4.79 Å². The zero-order valence-corrected chi connectivity index (χ0v) is 13.8. The highest BCUT2D eigenvalue weighted by atomic mass is 16.6. The first-order valence-electron chi connectivity index (χ1n) is 7.67. The van der Waals surface area contributed by atoms with E-state index in [1.807, 2.05) is 39.0 Å². The Balaban J connectivity index is 2.02. The number of carbonyl (C=O) groups excluding carboxylic acids is 1. The van der Waals surface area contributed by atoms with E-state index < -0.39 is 5.60 Å². The Morgan fingerprint density at radius 3 is 2.68 bits per heavy atom. The minimum atomic E-state index is -0.481. The molecule has 1 fully saturated rings. The van der Waals surface area contributed by atoms with E-state index >= 15 is 0 Å². The fourth-order valence-corrected chi connectivity index (χ4v) is 2.76. The number of hydrogen-bond acceptors (Lipinski definition) is 4. The number of rotatable bonds is 2. The van der Waals surface area contributed by atoms with Crippen LogP contribution in [0.3, 0.4) is 0 Å². The van der Waals surface area contributed by atoms with E-state index in [0.29, 0.717) is 13.1 Å². The molecular formula is C17H26N2O3. The van der Waals surface area contributed by atoms with E-state index in [1.54, 1.807) is 12.0 Å². The fourth-order valence-electron chi connectivity index (χ4n) is 2.76. The Bertz CT molecular complexity index is 525. The van der Waals surface area contributed by atoms with Crippen LogP contribution in [0, 0.1) is 0 Å². The quantitative estimate of drug-likeness (QED) is 0.912. The van der Waals surface area contributed by atoms with Crippen molar-refractivity contribution in [3.8, 4) is 5.75 Å². The Morgan fingerprint density at radius 2 is 2.09 bits per heavy atom. The lowest BCUT2D eigenvalue weighted by atomic mass is 9.86. The molecule has 2 rings (SSSR count). The van der Waals surface area contributed by atoms with Gasteiger partial charge in [-0.15, -0.1) is 0 Å². The molecule has 0 spiro atoms. The summed E-state index contributed by atoms with van der Waals surface area (Å²) in [5.74, 6) is 1.06. The normalized spacial score (nSPS) is 22.3. The summed E-state index contributed by atoms with van der Waals surface area (Å²) >= 11 is 0. The predicted molar refractivity (Wildman–Crippen MR) is 86.1 cm³/mol. The summed E-state index contributed by atoms with van der Waals surface area (Å²) in [5, 5.41) is 0. The zero-order valence-electron chi connectivity index (χ0n) is 13.8. The van der Waals surface area contributed by atoms with Gasteiger partial charge in [-0.1, -0.05) is 12.1 Å². The Hall–Kier alpha value is -1.75. The molecule has 5 heteroatoms. The number of carbonyl (C=O) groups is 1. The molecule has 1 saturated heterocycles. The summed E-state index contributed by atoms with van der Waals surface area (Å²) in [6, 6.07) is 7.88. The number of piperidine rings is 1. The molecule has 1 amide bonds. The molecule has 2 unspecified atom stereocenters. The molecule has 0 aromatic heterocycles. The van der Waals surface area contributed by atoms with Crippen molar-refractivity contribution >= 4 is 6.09 Å². The Labute approximate surface area is 132 Å². The molecule has 1 aromatic rings. The van der Waals surface area contributed by atoms with E-state index in [4.69, 9.17) is 15.2 Å². The first-order valence-corrected chi connectivity index (χ1v) is 7.67. The van der Waals surface area contributed by atoms with Crippen molar-refractivity contribution in [1.82, 2.24) is 4.90 Å². The number of amides is 1. The molecule has 1 aliphatic heterocycles. The second-order valence-electron chi connectivity index (χ2n) is 6.76. The van der Waals surface area contributed by atoms with Gasteiger partial charge < -0.3 is 20.1 Å². The fraction of sp³-hybridized carbons (Fsp3) is 0.588. The highest BCUT2D eigenvalue weighted by molar-refractivity contribution is 5.68. The molecule has 1 aliphatic rings. The third-order valence-electron chi connectivity index (χ3n) is 3.83. The lowest BCUT2D eigenvalue weighted by Crippen LogP contribution is -2.50. The summed E-state index contributed by atoms with van der Waals surface area (Å²) in [6.45, 7) is 6.77. The lowest BCUT2D eigenvalue weighted by Gasteiger charge is -2.37. The standard InChI is InChI=1S/C17H26N2O3/c1-17(2,3)22-16(20)19-9-8-14(15(18)11-19)12-6-5-7-13(10-12)21-4/h5-7,10,14-15H,8-9,11,18H2,1-4H3. The van der Waals surface area contributed by atoms with E-state index in [-0.39, 0.29) is 18.1 Å². The van der Waals surface area contributed by atoms with Crippen LogP contribution in [-0.4, -0.2) is 42.8 Å². The molecule has 0 radical (unpaired) electrons. The molecule has 0 aliphatic carbocycles. The first kappa shape index (κ1) is 16.6. The SMILES string of the molecule is COc1cccc(C2CCN(C(=O)OC(C)(C)C)CC2N)c1. The van der Waals surface area contributed by atoms with Crippen LogP contribution in [0.4, 0.5) is 4.79 Å². The summed E-state index contributed by atoms with van der Waals surface area (Å²) in [5.41, 5.74) is 6.99. The van der Waals surface area contributed by atoms with Gasteiger partial charge in [-0.2, -0.15) is 0 Å². The average molecular weight is 306 g/mol. The highest BCUT2D eigenvalue weighted by Gasteiger charge is 2.32. The van der Waals surface area contributed by atoms with E-state index in [0.717, 1.165) is 17.7 Å². The van der Waals surface area contributed by atoms with Crippen LogP contribution in [-0.2, 0) is 4.74 Å². The van der Waals surface area contributed by atoms with Crippen LogP contribution in [0.1, 0.15) is 38.7 Å². The van der Waals surface area contributed by atoms with Gasteiger partial charge in [0.05, 0.1) is 7.11 Å². The number of nitrogens with zero attached hydrogens (tertiary/aromatic N) is 1. The number of benzene rings is 1. The monoisotopic (exact) mass is 306 g/mol. The molecule has 1 aromatic carbocycles. The molecule has 2 N–H and O–H groups in total. The molecular weight excluding hydrogens is 280 g/mol. The van der Waals surface area contributed by atoms with E-state index in [2.05, 4.69) is 6.07 Å². The van der Waals surface area contributed by atoms with Gasteiger partial charge in [-0.3, -0.25) is 0 Å². The first-order chi connectivity index (χ1) is 10.3. The summed E-state index contributed by atoms with van der Waals surface area (Å²) in [6.07, 6.45) is 0.542. The largest absolute Gasteiger partial charge is 0.497 e. The van der Waals surface area contributed by atoms with Crippen LogP contribution in [0.2, 0.25) is 0 Å². The van der Waals surface area contributed by atoms with Crippen LogP contribution in [0.5, 0.6) is 5.75 Å². The Morgan fingerprint density at radius 1 is 1.36 bits per heavy atom. The van der Waals surface area contributed by atoms with Gasteiger partial charge in [-0.05, 0) is 44.9 Å². The molecule has 1 heterocycles. The molecule has 0 saturated carbocycles. The Kier molecular flexibility index (Phi) is 4.96. The second kappa shape index (κ2) is 6.57. The van der Waals surface area contributed by atoms with Crippen LogP contribution in [0.15, 0.2) is 24.3 Å². The minimum absolute atomic E-state index is 0.103. The van der Waals surface area contributed by atoms with Crippen LogP contribution in [0.25, 0.3) is 0 Å². The van der Waals surface area contributed by atoms with Crippen LogP contribution < -0.4 is 10.5 Å². The number of hydrogen-bond donors (Lipinski definition) is 1. The van der Waals surface area contributed by atoms with Crippen molar-refractivity contribution in [2.24, 2.45) is 5.73 Å². The van der Waals surface area contributed by atoms with Crippen molar-refractivity contribution in [3.63, 3.8) is 0 Å². The molecule has 0 bridgehead atoms. The van der Waals surface area contributed by atoms with Crippen molar-refractivity contribution in [2.45, 2.75) is 44.8 Å². The maximum atomic E-state index is 12.1. The van der Waals surface area contributed by atoms with Crippen molar-refractivity contribution in [3.05, 3.63) is 29.8 Å². The van der Waals surface area contributed by atoms with Gasteiger partial charge in [0.25, 0.3) is 0 Å². The number of methoxy groups -OCH3 is 1. The van der Waals surface area contributed by atoms with Gasteiger partial charge in [0.15, 0.2) is 0 Å². The lowest BCUT2D eigenvalue weighted by molar-refractivity contribution is 0.0186. The predicted octanol–water partition coefficient (Wildman–Crippen LogP) is 2.75. The van der Waals surface area contributed by atoms with Crippen LogP contribution >= 0.6 is 0 Å².